The molecule has 1 amide bonds. The number of amides is 1. The van der Waals surface area contributed by atoms with Gasteiger partial charge in [0.2, 0.25) is 5.91 Å². The molecule has 0 bridgehead atoms. The minimum absolute atomic E-state index is 0. The summed E-state index contributed by atoms with van der Waals surface area (Å²) in [6.07, 6.45) is 1.01. The van der Waals surface area contributed by atoms with Crippen LogP contribution in [0.25, 0.3) is 0 Å². The predicted molar refractivity (Wildman–Crippen MR) is 48.4 cm³/mol. The maximum Gasteiger partial charge on any atom is 0.243 e. The van der Waals surface area contributed by atoms with E-state index in [2.05, 4.69) is 11.9 Å². The smallest absolute Gasteiger partial charge is 0.243 e. The molecule has 0 aromatic rings. The van der Waals surface area contributed by atoms with Crippen LogP contribution in [-0.2, 0) is 14.9 Å². The number of hydrogen-bond donors (Lipinski definition) is 2. The number of hydrogen-bond acceptors (Lipinski definition) is 4. The Morgan fingerprint density at radius 3 is 2.46 bits per heavy atom. The summed E-state index contributed by atoms with van der Waals surface area (Å²) in [7, 11) is -4.28. The second-order valence-electron chi connectivity index (χ2n) is 2.34. The van der Waals surface area contributed by atoms with Crippen molar-refractivity contribution < 1.29 is 17.8 Å². The van der Waals surface area contributed by atoms with Crippen LogP contribution < -0.4 is 11.5 Å². The third-order valence-electron chi connectivity index (χ3n) is 1.03. The van der Waals surface area contributed by atoms with Crippen molar-refractivity contribution in [3.63, 3.8) is 0 Å². The zero-order valence-electron chi connectivity index (χ0n) is 7.61. The fourth-order valence-corrected chi connectivity index (χ4v) is 1.35. The fraction of sp³-hybridized carbons (Fsp3) is 0.500. The van der Waals surface area contributed by atoms with Gasteiger partial charge in [-0.25, -0.2) is 8.42 Å². The van der Waals surface area contributed by atoms with Gasteiger partial charge in [-0.05, 0) is 13.0 Å². The van der Waals surface area contributed by atoms with Gasteiger partial charge in [-0.15, -0.1) is 0 Å². The molecular weight excluding hydrogens is 196 g/mol. The van der Waals surface area contributed by atoms with Crippen LogP contribution in [0.5, 0.6) is 0 Å². The molecule has 0 aliphatic heterocycles. The van der Waals surface area contributed by atoms with E-state index in [1.807, 2.05) is 0 Å². The Hall–Kier alpha value is -0.920. The van der Waals surface area contributed by atoms with Crippen molar-refractivity contribution in [2.24, 2.45) is 0 Å². The van der Waals surface area contributed by atoms with E-state index in [0.717, 1.165) is 6.08 Å². The first-order valence-electron chi connectivity index (χ1n) is 3.21. The van der Waals surface area contributed by atoms with Gasteiger partial charge < -0.3 is 16.0 Å². The summed E-state index contributed by atoms with van der Waals surface area (Å²) in [5.74, 6) is -1.10. The summed E-state index contributed by atoms with van der Waals surface area (Å²) < 4.78 is 30.5. The highest BCUT2D eigenvalue weighted by molar-refractivity contribution is 7.85. The maximum absolute atomic E-state index is 10.6. The molecule has 0 fully saturated rings. The van der Waals surface area contributed by atoms with Gasteiger partial charge in [-0.2, -0.15) is 0 Å². The molecule has 0 radical (unpaired) electrons. The Kier molecular flexibility index (Phi) is 6.38. The molecule has 0 heterocycles. The molecule has 0 saturated carbocycles. The molecule has 0 rings (SSSR count). The van der Waals surface area contributed by atoms with Crippen LogP contribution in [0.4, 0.5) is 0 Å². The zero-order chi connectivity index (χ0) is 9.78. The van der Waals surface area contributed by atoms with Crippen molar-refractivity contribution in [1.82, 2.24) is 11.5 Å². The van der Waals surface area contributed by atoms with Crippen LogP contribution in [0.1, 0.15) is 6.92 Å². The summed E-state index contributed by atoms with van der Waals surface area (Å²) in [4.78, 5) is 10.6. The van der Waals surface area contributed by atoms with Crippen LogP contribution in [0.15, 0.2) is 12.7 Å². The van der Waals surface area contributed by atoms with E-state index >= 15 is 0 Å². The standard InChI is InChI=1S/C6H11NO4S.H3N/c1-3-6(8)7-5(2)4-12(9,10)11;/h3,5H,1,4H2,2H3,(H,7,8)(H,9,10,11);1H3. The summed E-state index contributed by atoms with van der Waals surface area (Å²) in [6.45, 7) is 4.60. The summed E-state index contributed by atoms with van der Waals surface area (Å²) >= 11 is 0. The van der Waals surface area contributed by atoms with Gasteiger partial charge in [0.05, 0.1) is 15.9 Å². The van der Waals surface area contributed by atoms with E-state index < -0.39 is 27.8 Å². The Balaban J connectivity index is 0. The summed E-state index contributed by atoms with van der Waals surface area (Å²) in [5, 5.41) is 2.25. The van der Waals surface area contributed by atoms with Crippen molar-refractivity contribution in [3.8, 4) is 0 Å². The number of nitrogens with one attached hydrogen (secondary N) is 1. The first-order chi connectivity index (χ1) is 5.35. The minimum Gasteiger partial charge on any atom is -0.748 e. The van der Waals surface area contributed by atoms with E-state index in [1.54, 1.807) is 0 Å². The lowest BCUT2D eigenvalue weighted by Gasteiger charge is -2.14. The highest BCUT2D eigenvalue weighted by Crippen LogP contribution is 1.89. The highest BCUT2D eigenvalue weighted by Gasteiger charge is 2.07. The van der Waals surface area contributed by atoms with E-state index in [4.69, 9.17) is 0 Å². The summed E-state index contributed by atoms with van der Waals surface area (Å²) in [5.41, 5.74) is 0. The van der Waals surface area contributed by atoms with Gasteiger partial charge in [0.1, 0.15) is 0 Å². The lowest BCUT2D eigenvalue weighted by atomic mass is 10.4. The summed E-state index contributed by atoms with van der Waals surface area (Å²) in [6, 6.07) is -0.682. The molecule has 0 saturated heterocycles. The van der Waals surface area contributed by atoms with Crippen molar-refractivity contribution >= 4 is 16.0 Å². The van der Waals surface area contributed by atoms with Crippen molar-refractivity contribution in [2.45, 2.75) is 13.0 Å². The monoisotopic (exact) mass is 210 g/mol. The molecule has 7 heteroatoms. The van der Waals surface area contributed by atoms with Crippen LogP contribution in [0.3, 0.4) is 0 Å². The van der Waals surface area contributed by atoms with Gasteiger partial charge in [0.15, 0.2) is 0 Å². The molecule has 0 aliphatic rings. The second kappa shape index (κ2) is 5.68. The van der Waals surface area contributed by atoms with Gasteiger partial charge in [-0.1, -0.05) is 6.58 Å². The van der Waals surface area contributed by atoms with Gasteiger partial charge in [-0.3, -0.25) is 4.79 Å². The number of carbonyl (C=O) groups is 1. The molecule has 5 N–H and O–H groups in total. The number of rotatable bonds is 4. The van der Waals surface area contributed by atoms with Gasteiger partial charge in [0, 0.05) is 6.04 Å². The number of carbonyl (C=O) groups excluding carboxylic acids is 1. The fourth-order valence-electron chi connectivity index (χ4n) is 0.650. The SMILES string of the molecule is C=CC(=O)NC(C)CS(=O)(=O)[O-].[NH4+]. The Morgan fingerprint density at radius 2 is 2.15 bits per heavy atom. The molecule has 13 heavy (non-hydrogen) atoms. The Morgan fingerprint density at radius 1 is 1.69 bits per heavy atom. The topological polar surface area (TPSA) is 123 Å². The quantitative estimate of drug-likeness (QED) is 0.484. The largest absolute Gasteiger partial charge is 0.748 e. The predicted octanol–water partition coefficient (Wildman–Crippen LogP) is -0.401. The molecule has 0 aromatic heterocycles. The lowest BCUT2D eigenvalue weighted by Crippen LogP contribution is -2.36. The van der Waals surface area contributed by atoms with Crippen molar-refractivity contribution in [2.75, 3.05) is 5.75 Å². The average molecular weight is 210 g/mol. The number of quaternary nitrogens is 1. The van der Waals surface area contributed by atoms with E-state index in [9.17, 15) is 17.8 Å². The molecule has 0 aliphatic carbocycles. The lowest BCUT2D eigenvalue weighted by molar-refractivity contribution is -0.116. The van der Waals surface area contributed by atoms with Gasteiger partial charge in [0.25, 0.3) is 0 Å². The van der Waals surface area contributed by atoms with E-state index in [1.165, 1.54) is 6.92 Å². The van der Waals surface area contributed by atoms with E-state index in [-0.39, 0.29) is 6.15 Å². The molecule has 0 aromatic carbocycles. The Bertz CT molecular complexity index is 272. The van der Waals surface area contributed by atoms with Crippen molar-refractivity contribution in [3.05, 3.63) is 12.7 Å². The molecule has 1 atom stereocenters. The van der Waals surface area contributed by atoms with Crippen LogP contribution in [0, 0.1) is 0 Å². The molecule has 78 valence electrons. The Labute approximate surface area is 77.4 Å². The van der Waals surface area contributed by atoms with Crippen LogP contribution in [0.2, 0.25) is 0 Å². The first-order valence-corrected chi connectivity index (χ1v) is 4.79. The first kappa shape index (κ1) is 14.6. The molecule has 6 nitrogen and oxygen atoms in total. The zero-order valence-corrected chi connectivity index (χ0v) is 8.43. The maximum atomic E-state index is 10.6. The normalized spacial score (nSPS) is 12.5. The average Bonchev–Trinajstić information content (AvgIpc) is 1.82. The van der Waals surface area contributed by atoms with Crippen LogP contribution in [-0.4, -0.2) is 30.7 Å². The van der Waals surface area contributed by atoms with Gasteiger partial charge >= 0.3 is 0 Å². The molecule has 0 spiro atoms. The third-order valence-corrected chi connectivity index (χ3v) is 1.94. The third kappa shape index (κ3) is 8.99. The van der Waals surface area contributed by atoms with Crippen LogP contribution >= 0.6 is 0 Å². The van der Waals surface area contributed by atoms with Crippen molar-refractivity contribution in [1.29, 1.82) is 0 Å². The second-order valence-corrected chi connectivity index (χ2v) is 3.79. The molecular formula is C6H14N2O4S. The highest BCUT2D eigenvalue weighted by atomic mass is 32.2. The van der Waals surface area contributed by atoms with E-state index in [0.29, 0.717) is 0 Å². The molecule has 1 unspecified atom stereocenters. The minimum atomic E-state index is -4.28.